The van der Waals surface area contributed by atoms with Gasteiger partial charge < -0.3 is 0 Å². The highest BCUT2D eigenvalue weighted by atomic mass is 19.1. The first-order chi connectivity index (χ1) is 18.1. The fraction of sp³-hybridized carbons (Fsp3) is 0.222. The zero-order valence-electron chi connectivity index (χ0n) is 21.5. The molecule has 0 N–H and O–H groups in total. The molecule has 5 aromatic carbocycles. The van der Waals surface area contributed by atoms with Crippen LogP contribution in [0.3, 0.4) is 0 Å². The Balaban J connectivity index is 1.55. The summed E-state index contributed by atoms with van der Waals surface area (Å²) in [4.78, 5) is 0. The van der Waals surface area contributed by atoms with Crippen molar-refractivity contribution in [3.63, 3.8) is 0 Å². The van der Waals surface area contributed by atoms with E-state index in [1.54, 1.807) is 11.6 Å². The highest BCUT2D eigenvalue weighted by molar-refractivity contribution is 5.85. The molecule has 0 aliphatic heterocycles. The maximum absolute atomic E-state index is 14.6. The van der Waals surface area contributed by atoms with Crippen LogP contribution in [0.25, 0.3) is 21.9 Å². The van der Waals surface area contributed by atoms with E-state index in [0.29, 0.717) is 11.3 Å². The molecule has 37 heavy (non-hydrogen) atoms. The monoisotopic (exact) mass is 482 g/mol. The molecule has 0 bridgehead atoms. The Morgan fingerprint density at radius 1 is 0.757 bits per heavy atom. The molecule has 2 unspecified atom stereocenters. The highest BCUT2D eigenvalue weighted by Gasteiger charge is 2.44. The van der Waals surface area contributed by atoms with Crippen molar-refractivity contribution in [1.82, 2.24) is 0 Å². The number of rotatable bonds is 2. The summed E-state index contributed by atoms with van der Waals surface area (Å²) < 4.78 is 14.6. The Bertz CT molecular complexity index is 1680. The summed E-state index contributed by atoms with van der Waals surface area (Å²) in [6.45, 7) is 4.65. The van der Waals surface area contributed by atoms with Gasteiger partial charge in [-0.1, -0.05) is 91.9 Å². The van der Waals surface area contributed by atoms with Crippen LogP contribution in [0.4, 0.5) is 4.39 Å². The van der Waals surface area contributed by atoms with Gasteiger partial charge in [-0.15, -0.1) is 0 Å². The zero-order valence-corrected chi connectivity index (χ0v) is 21.5. The van der Waals surface area contributed by atoms with Gasteiger partial charge in [-0.2, -0.15) is 0 Å². The summed E-state index contributed by atoms with van der Waals surface area (Å²) in [5.74, 6) is 0.352. The lowest BCUT2D eigenvalue weighted by atomic mass is 9.58. The average Bonchev–Trinajstić information content (AvgIpc) is 2.93. The molecule has 2 atom stereocenters. The van der Waals surface area contributed by atoms with Gasteiger partial charge >= 0.3 is 0 Å². The molecule has 0 fully saturated rings. The first-order valence-corrected chi connectivity index (χ1v) is 13.6. The van der Waals surface area contributed by atoms with E-state index in [0.717, 1.165) is 31.1 Å². The summed E-state index contributed by atoms with van der Waals surface area (Å²) in [6, 6.07) is 34.5. The largest absolute Gasteiger partial charge is 0.206 e. The third-order valence-corrected chi connectivity index (χ3v) is 9.14. The predicted molar refractivity (Wildman–Crippen MR) is 152 cm³/mol. The Morgan fingerprint density at radius 3 is 2.49 bits per heavy atom. The minimum atomic E-state index is -0.264. The van der Waals surface area contributed by atoms with Crippen LogP contribution in [0.1, 0.15) is 64.6 Å². The average molecular weight is 483 g/mol. The van der Waals surface area contributed by atoms with Gasteiger partial charge in [0, 0.05) is 10.8 Å². The van der Waals surface area contributed by atoms with Crippen LogP contribution < -0.4 is 0 Å². The van der Waals surface area contributed by atoms with Crippen molar-refractivity contribution in [2.75, 3.05) is 0 Å². The molecular formula is C36H31F. The first kappa shape index (κ1) is 22.5. The van der Waals surface area contributed by atoms with Crippen LogP contribution in [0, 0.1) is 12.7 Å². The summed E-state index contributed by atoms with van der Waals surface area (Å²) in [5, 5.41) is 1.66. The molecule has 0 amide bonds. The lowest BCUT2D eigenvalue weighted by molar-refractivity contribution is 0.453. The summed E-state index contributed by atoms with van der Waals surface area (Å²) in [5.41, 5.74) is 12.5. The number of hydrogen-bond acceptors (Lipinski definition) is 0. The van der Waals surface area contributed by atoms with Gasteiger partial charge in [-0.25, -0.2) is 4.39 Å². The normalized spacial score (nSPS) is 20.2. The lowest BCUT2D eigenvalue weighted by Crippen LogP contribution is -2.36. The van der Waals surface area contributed by atoms with Crippen LogP contribution >= 0.6 is 0 Å². The van der Waals surface area contributed by atoms with Crippen LogP contribution in [0.2, 0.25) is 0 Å². The van der Waals surface area contributed by atoms with Crippen molar-refractivity contribution >= 4 is 10.8 Å². The van der Waals surface area contributed by atoms with E-state index in [1.807, 2.05) is 18.2 Å². The molecule has 7 rings (SSSR count). The van der Waals surface area contributed by atoms with Gasteiger partial charge in [0.25, 0.3) is 0 Å². The molecule has 2 aliphatic carbocycles. The summed E-state index contributed by atoms with van der Waals surface area (Å²) >= 11 is 0. The van der Waals surface area contributed by atoms with E-state index >= 15 is 0 Å². The van der Waals surface area contributed by atoms with Crippen molar-refractivity contribution in [2.24, 2.45) is 0 Å². The third kappa shape index (κ3) is 3.26. The molecule has 0 heterocycles. The Kier molecular flexibility index (Phi) is 5.11. The van der Waals surface area contributed by atoms with E-state index in [2.05, 4.69) is 86.6 Å². The van der Waals surface area contributed by atoms with E-state index in [-0.39, 0.29) is 11.2 Å². The number of hydrogen-bond donors (Lipinski definition) is 0. The summed E-state index contributed by atoms with van der Waals surface area (Å²) in [7, 11) is 0. The molecule has 0 saturated carbocycles. The van der Waals surface area contributed by atoms with Crippen LogP contribution in [-0.4, -0.2) is 0 Å². The fourth-order valence-corrected chi connectivity index (χ4v) is 7.39. The third-order valence-electron chi connectivity index (χ3n) is 9.14. The number of aryl methyl sites for hydroxylation is 2. The maximum Gasteiger partial charge on any atom is 0.131 e. The van der Waals surface area contributed by atoms with Gasteiger partial charge in [0.1, 0.15) is 5.82 Å². The second-order valence-corrected chi connectivity index (χ2v) is 11.0. The predicted octanol–water partition coefficient (Wildman–Crippen LogP) is 9.28. The van der Waals surface area contributed by atoms with Crippen molar-refractivity contribution in [2.45, 2.75) is 50.9 Å². The minimum Gasteiger partial charge on any atom is -0.206 e. The lowest BCUT2D eigenvalue weighted by Gasteiger charge is -2.45. The molecule has 2 aliphatic rings. The summed E-state index contributed by atoms with van der Waals surface area (Å²) in [6.07, 6.45) is 4.36. The van der Waals surface area contributed by atoms with Crippen LogP contribution in [0.5, 0.6) is 0 Å². The molecular weight excluding hydrogens is 451 g/mol. The molecule has 0 spiro atoms. The van der Waals surface area contributed by atoms with E-state index in [1.165, 1.54) is 44.5 Å². The molecule has 1 heteroatoms. The van der Waals surface area contributed by atoms with Crippen LogP contribution in [0.15, 0.2) is 97.1 Å². The molecule has 0 nitrogen and oxygen atoms in total. The molecule has 5 aromatic rings. The van der Waals surface area contributed by atoms with E-state index in [9.17, 15) is 4.39 Å². The maximum atomic E-state index is 14.6. The topological polar surface area (TPSA) is 0 Å². The Hall–Kier alpha value is -3.71. The number of fused-ring (bicyclic) bond motifs is 6. The van der Waals surface area contributed by atoms with E-state index < -0.39 is 0 Å². The van der Waals surface area contributed by atoms with Gasteiger partial charge in [0.05, 0.1) is 0 Å². The number of halogens is 1. The SMILES string of the molecule is Cc1ccccc1C1(c2ccc3c(F)cccc3c2)CCC(C)c2c1ccc1c2CCc2ccccc2-1. The van der Waals surface area contributed by atoms with Gasteiger partial charge in [-0.05, 0) is 106 Å². The zero-order chi connectivity index (χ0) is 25.1. The quantitative estimate of drug-likeness (QED) is 0.235. The molecule has 0 aromatic heterocycles. The fourth-order valence-electron chi connectivity index (χ4n) is 7.39. The standard InChI is InChI=1S/C36H31F/c1-23-8-3-6-12-32(23)36(27-15-17-29-26(22-27)10-7-13-34(29)37)21-20-24(2)35-31-16-14-25-9-4-5-11-28(25)30(31)18-19-33(35)36/h3-13,15,17-19,22,24H,14,16,20-21H2,1-2H3. The van der Waals surface area contributed by atoms with Crippen molar-refractivity contribution in [3.8, 4) is 11.1 Å². The van der Waals surface area contributed by atoms with Gasteiger partial charge in [0.15, 0.2) is 0 Å². The highest BCUT2D eigenvalue weighted by Crippen LogP contribution is 2.54. The Morgan fingerprint density at radius 2 is 1.59 bits per heavy atom. The van der Waals surface area contributed by atoms with Crippen molar-refractivity contribution in [1.29, 1.82) is 0 Å². The molecule has 0 radical (unpaired) electrons. The molecule has 182 valence electrons. The molecule has 0 saturated heterocycles. The van der Waals surface area contributed by atoms with Crippen molar-refractivity contribution in [3.05, 3.63) is 142 Å². The van der Waals surface area contributed by atoms with E-state index in [4.69, 9.17) is 0 Å². The smallest absolute Gasteiger partial charge is 0.131 e. The second-order valence-electron chi connectivity index (χ2n) is 11.0. The van der Waals surface area contributed by atoms with Gasteiger partial charge in [0.2, 0.25) is 0 Å². The van der Waals surface area contributed by atoms with Crippen molar-refractivity contribution < 1.29 is 4.39 Å². The second kappa shape index (κ2) is 8.42. The number of benzene rings is 5. The van der Waals surface area contributed by atoms with Crippen LogP contribution in [-0.2, 0) is 18.3 Å². The van der Waals surface area contributed by atoms with Gasteiger partial charge in [-0.3, -0.25) is 0 Å². The first-order valence-electron chi connectivity index (χ1n) is 13.6. The minimum absolute atomic E-state index is 0.153. The Labute approximate surface area is 218 Å².